The highest BCUT2D eigenvalue weighted by Gasteiger charge is 2.18. The van der Waals surface area contributed by atoms with Crippen LogP contribution < -0.4 is 0 Å². The molecule has 0 spiro atoms. The molecule has 0 N–H and O–H groups in total. The number of ether oxygens (including phenoxy) is 1. The molecule has 0 aromatic rings. The predicted molar refractivity (Wildman–Crippen MR) is 79.8 cm³/mol. The van der Waals surface area contributed by atoms with E-state index in [0.29, 0.717) is 6.42 Å². The molecular formula is C14H27ClN2O2. The van der Waals surface area contributed by atoms with Gasteiger partial charge in [-0.1, -0.05) is 32.6 Å². The van der Waals surface area contributed by atoms with Gasteiger partial charge in [0.25, 0.3) is 0 Å². The van der Waals surface area contributed by atoms with Crippen molar-refractivity contribution in [1.29, 1.82) is 0 Å². The lowest BCUT2D eigenvalue weighted by atomic mass is 10.1. The van der Waals surface area contributed by atoms with E-state index >= 15 is 0 Å². The fourth-order valence-electron chi connectivity index (χ4n) is 1.98. The van der Waals surface area contributed by atoms with Crippen LogP contribution in [0.5, 0.6) is 0 Å². The van der Waals surface area contributed by atoms with Crippen molar-refractivity contribution in [3.05, 3.63) is 12.4 Å². The van der Waals surface area contributed by atoms with Crippen molar-refractivity contribution < 1.29 is 9.53 Å². The van der Waals surface area contributed by atoms with Gasteiger partial charge in [0.15, 0.2) is 6.23 Å². The summed E-state index contributed by atoms with van der Waals surface area (Å²) in [6.07, 6.45) is 10.1. The minimum absolute atomic E-state index is 0. The minimum atomic E-state index is -0.172. The van der Waals surface area contributed by atoms with Gasteiger partial charge in [-0.05, 0) is 13.3 Å². The van der Waals surface area contributed by atoms with E-state index in [-0.39, 0.29) is 24.6 Å². The van der Waals surface area contributed by atoms with Gasteiger partial charge in [0.2, 0.25) is 0 Å². The molecule has 19 heavy (non-hydrogen) atoms. The predicted octanol–water partition coefficient (Wildman–Crippen LogP) is 3.33. The van der Waals surface area contributed by atoms with Gasteiger partial charge in [-0.15, -0.1) is 12.4 Å². The molecule has 0 bridgehead atoms. The van der Waals surface area contributed by atoms with E-state index < -0.39 is 0 Å². The zero-order chi connectivity index (χ0) is 13.4. The van der Waals surface area contributed by atoms with Crippen LogP contribution in [0, 0.1) is 0 Å². The first-order chi connectivity index (χ1) is 8.63. The lowest BCUT2D eigenvalue weighted by Crippen LogP contribution is -2.34. The fraction of sp³-hybridized carbons (Fsp3) is 0.786. The highest BCUT2D eigenvalue weighted by Crippen LogP contribution is 2.12. The average molecular weight is 291 g/mol. The van der Waals surface area contributed by atoms with Crippen LogP contribution in [0.15, 0.2) is 12.4 Å². The second-order valence-electron chi connectivity index (χ2n) is 4.96. The molecule has 0 radical (unpaired) electrons. The molecule has 0 aliphatic carbocycles. The molecule has 1 atom stereocenters. The molecule has 1 aliphatic heterocycles. The lowest BCUT2D eigenvalue weighted by molar-refractivity contribution is -0.155. The summed E-state index contributed by atoms with van der Waals surface area (Å²) in [5.41, 5.74) is 0. The Morgan fingerprint density at radius 3 is 2.53 bits per heavy atom. The van der Waals surface area contributed by atoms with Crippen molar-refractivity contribution in [2.45, 2.75) is 58.6 Å². The SMILES string of the molecule is CCCCCCCC(=O)OC(C)N1C=CN(C)C1.Cl. The van der Waals surface area contributed by atoms with E-state index in [2.05, 4.69) is 11.8 Å². The van der Waals surface area contributed by atoms with Crippen LogP contribution in [-0.2, 0) is 9.53 Å². The summed E-state index contributed by atoms with van der Waals surface area (Å²) < 4.78 is 5.40. The van der Waals surface area contributed by atoms with Crippen LogP contribution in [0.3, 0.4) is 0 Å². The minimum Gasteiger partial charge on any atom is -0.442 e. The Hall–Kier alpha value is -0.900. The first-order valence-electron chi connectivity index (χ1n) is 6.97. The number of hydrogen-bond acceptors (Lipinski definition) is 4. The number of esters is 1. The number of halogens is 1. The maximum atomic E-state index is 11.6. The first kappa shape index (κ1) is 18.1. The molecule has 0 fully saturated rings. The fourth-order valence-corrected chi connectivity index (χ4v) is 1.98. The van der Waals surface area contributed by atoms with Gasteiger partial charge >= 0.3 is 5.97 Å². The Morgan fingerprint density at radius 1 is 1.26 bits per heavy atom. The number of carbonyl (C=O) groups excluding carboxylic acids is 1. The van der Waals surface area contributed by atoms with Crippen LogP contribution in [-0.4, -0.2) is 35.7 Å². The smallest absolute Gasteiger partial charge is 0.307 e. The zero-order valence-electron chi connectivity index (χ0n) is 12.3. The molecule has 5 heteroatoms. The van der Waals surface area contributed by atoms with E-state index in [1.165, 1.54) is 19.3 Å². The molecule has 1 aliphatic rings. The second-order valence-corrected chi connectivity index (χ2v) is 4.96. The Labute approximate surface area is 123 Å². The van der Waals surface area contributed by atoms with Crippen molar-refractivity contribution in [2.24, 2.45) is 0 Å². The maximum Gasteiger partial charge on any atom is 0.307 e. The lowest BCUT2D eigenvalue weighted by Gasteiger charge is -2.25. The molecule has 0 aromatic heterocycles. The third kappa shape index (κ3) is 7.31. The third-order valence-corrected chi connectivity index (χ3v) is 3.15. The Kier molecular flexibility index (Phi) is 9.48. The molecule has 0 amide bonds. The number of rotatable bonds is 8. The monoisotopic (exact) mass is 290 g/mol. The van der Waals surface area contributed by atoms with Crippen LogP contribution >= 0.6 is 12.4 Å². The van der Waals surface area contributed by atoms with Gasteiger partial charge in [0, 0.05) is 25.9 Å². The quantitative estimate of drug-likeness (QED) is 0.507. The van der Waals surface area contributed by atoms with Crippen molar-refractivity contribution in [2.75, 3.05) is 13.7 Å². The molecule has 112 valence electrons. The number of hydrogen-bond donors (Lipinski definition) is 0. The second kappa shape index (κ2) is 9.96. The molecule has 1 rings (SSSR count). The van der Waals surface area contributed by atoms with E-state index in [1.807, 2.05) is 31.3 Å². The van der Waals surface area contributed by atoms with E-state index in [0.717, 1.165) is 19.5 Å². The normalized spacial score (nSPS) is 15.3. The molecule has 1 heterocycles. The van der Waals surface area contributed by atoms with Gasteiger partial charge < -0.3 is 14.5 Å². The Morgan fingerprint density at radius 2 is 1.95 bits per heavy atom. The molecule has 4 nitrogen and oxygen atoms in total. The number of unbranched alkanes of at least 4 members (excludes halogenated alkanes) is 4. The molecular weight excluding hydrogens is 264 g/mol. The first-order valence-corrected chi connectivity index (χ1v) is 6.97. The number of nitrogens with zero attached hydrogens (tertiary/aromatic N) is 2. The summed E-state index contributed by atoms with van der Waals surface area (Å²) in [6, 6.07) is 0. The molecule has 0 saturated heterocycles. The molecule has 0 aromatic carbocycles. The summed E-state index contributed by atoms with van der Waals surface area (Å²) in [4.78, 5) is 15.7. The molecule has 1 unspecified atom stereocenters. The van der Waals surface area contributed by atoms with E-state index in [4.69, 9.17) is 4.74 Å². The molecule has 0 saturated carbocycles. The summed E-state index contributed by atoms with van der Waals surface area (Å²) in [7, 11) is 2.00. The summed E-state index contributed by atoms with van der Waals surface area (Å²) >= 11 is 0. The maximum absolute atomic E-state index is 11.6. The van der Waals surface area contributed by atoms with Crippen LogP contribution in [0.2, 0.25) is 0 Å². The third-order valence-electron chi connectivity index (χ3n) is 3.15. The van der Waals surface area contributed by atoms with Gasteiger partial charge in [-0.3, -0.25) is 4.79 Å². The van der Waals surface area contributed by atoms with Crippen molar-refractivity contribution >= 4 is 18.4 Å². The highest BCUT2D eigenvalue weighted by atomic mass is 35.5. The van der Waals surface area contributed by atoms with Gasteiger partial charge in [-0.25, -0.2) is 0 Å². The standard InChI is InChI=1S/C14H26N2O2.ClH/c1-4-5-6-7-8-9-14(17)18-13(2)16-11-10-15(3)12-16;/h10-11,13H,4-9,12H2,1-3H3;1H. The summed E-state index contributed by atoms with van der Waals surface area (Å²) in [6.45, 7) is 4.89. The highest BCUT2D eigenvalue weighted by molar-refractivity contribution is 5.85. The van der Waals surface area contributed by atoms with Crippen LogP contribution in [0.1, 0.15) is 52.4 Å². The van der Waals surface area contributed by atoms with Gasteiger partial charge in [0.05, 0.1) is 6.67 Å². The van der Waals surface area contributed by atoms with Crippen LogP contribution in [0.25, 0.3) is 0 Å². The summed E-state index contributed by atoms with van der Waals surface area (Å²) in [5.74, 6) is -0.0815. The van der Waals surface area contributed by atoms with Crippen molar-refractivity contribution in [3.8, 4) is 0 Å². The van der Waals surface area contributed by atoms with Crippen molar-refractivity contribution in [1.82, 2.24) is 9.80 Å². The van der Waals surface area contributed by atoms with Gasteiger partial charge in [0.1, 0.15) is 0 Å². The summed E-state index contributed by atoms with van der Waals surface area (Å²) in [5, 5.41) is 0. The van der Waals surface area contributed by atoms with Gasteiger partial charge in [-0.2, -0.15) is 0 Å². The average Bonchev–Trinajstić information content (AvgIpc) is 2.75. The van der Waals surface area contributed by atoms with E-state index in [1.54, 1.807) is 0 Å². The van der Waals surface area contributed by atoms with E-state index in [9.17, 15) is 4.79 Å². The topological polar surface area (TPSA) is 32.8 Å². The number of carbonyl (C=O) groups is 1. The van der Waals surface area contributed by atoms with Crippen LogP contribution in [0.4, 0.5) is 0 Å². The Balaban J connectivity index is 0.00000324. The van der Waals surface area contributed by atoms with Crippen molar-refractivity contribution in [3.63, 3.8) is 0 Å². The largest absolute Gasteiger partial charge is 0.442 e. The Bertz CT molecular complexity index is 285. The zero-order valence-corrected chi connectivity index (χ0v) is 13.1.